The van der Waals surface area contributed by atoms with Crippen LogP contribution in [0.3, 0.4) is 0 Å². The third-order valence-electron chi connectivity index (χ3n) is 3.50. The quantitative estimate of drug-likeness (QED) is 0.530. The highest BCUT2D eigenvalue weighted by molar-refractivity contribution is 6.30. The zero-order valence-corrected chi connectivity index (χ0v) is 16.0. The number of nitrogens with zero attached hydrogens (tertiary/aromatic N) is 1. The molecular weight excluding hydrogens is 344 g/mol. The van der Waals surface area contributed by atoms with Gasteiger partial charge in [-0.05, 0) is 44.5 Å². The average molecular weight is 371 g/mol. The zero-order chi connectivity index (χ0) is 18.8. The van der Waals surface area contributed by atoms with E-state index in [4.69, 9.17) is 21.1 Å². The maximum absolute atomic E-state index is 12.6. The Balaban J connectivity index is 2.68. The van der Waals surface area contributed by atoms with Crippen LogP contribution < -0.4 is 5.32 Å². The summed E-state index contributed by atoms with van der Waals surface area (Å²) in [6.45, 7) is 6.96. The van der Waals surface area contributed by atoms with Gasteiger partial charge < -0.3 is 19.7 Å². The molecule has 6 nitrogen and oxygen atoms in total. The number of halogens is 1. The number of methoxy groups -OCH3 is 1. The van der Waals surface area contributed by atoms with E-state index >= 15 is 0 Å². The van der Waals surface area contributed by atoms with Gasteiger partial charge in [0.05, 0.1) is 19.1 Å². The van der Waals surface area contributed by atoms with Gasteiger partial charge in [0, 0.05) is 30.4 Å². The van der Waals surface area contributed by atoms with Crippen LogP contribution in [0, 0.1) is 5.92 Å². The van der Waals surface area contributed by atoms with E-state index < -0.39 is 5.92 Å². The van der Waals surface area contributed by atoms with Crippen molar-refractivity contribution in [3.8, 4) is 0 Å². The number of rotatable bonds is 9. The molecular formula is C18H27ClN2O4. The molecule has 1 aromatic carbocycles. The molecule has 25 heavy (non-hydrogen) atoms. The molecule has 1 aromatic rings. The number of hydrogen-bond donors (Lipinski definition) is 1. The summed E-state index contributed by atoms with van der Waals surface area (Å²) in [5.74, 6) is -0.755. The maximum atomic E-state index is 12.6. The van der Waals surface area contributed by atoms with Crippen LogP contribution in [0.15, 0.2) is 24.3 Å². The number of anilines is 1. The van der Waals surface area contributed by atoms with Crippen molar-refractivity contribution < 1.29 is 19.1 Å². The van der Waals surface area contributed by atoms with Gasteiger partial charge in [-0.3, -0.25) is 4.79 Å². The number of benzene rings is 1. The highest BCUT2D eigenvalue weighted by Gasteiger charge is 2.21. The molecule has 0 heterocycles. The number of hydrogen-bond acceptors (Lipinski definition) is 4. The Morgan fingerprint density at radius 3 is 2.40 bits per heavy atom. The highest BCUT2D eigenvalue weighted by atomic mass is 35.5. The van der Waals surface area contributed by atoms with E-state index in [0.29, 0.717) is 30.3 Å². The van der Waals surface area contributed by atoms with Crippen molar-refractivity contribution >= 4 is 29.3 Å². The lowest BCUT2D eigenvalue weighted by Gasteiger charge is -2.25. The first kappa shape index (κ1) is 21.3. The lowest BCUT2D eigenvalue weighted by molar-refractivity contribution is -0.145. The number of urea groups is 1. The number of amides is 2. The summed E-state index contributed by atoms with van der Waals surface area (Å²) in [6.07, 6.45) is 0.824. The van der Waals surface area contributed by atoms with E-state index in [1.807, 2.05) is 13.8 Å². The molecule has 0 saturated heterocycles. The first-order valence-electron chi connectivity index (χ1n) is 8.34. The van der Waals surface area contributed by atoms with Crippen LogP contribution >= 0.6 is 11.6 Å². The summed E-state index contributed by atoms with van der Waals surface area (Å²) < 4.78 is 10.3. The van der Waals surface area contributed by atoms with Crippen molar-refractivity contribution in [1.82, 2.24) is 4.90 Å². The van der Waals surface area contributed by atoms with Gasteiger partial charge in [0.2, 0.25) is 0 Å². The van der Waals surface area contributed by atoms with E-state index in [1.165, 1.54) is 7.11 Å². The van der Waals surface area contributed by atoms with E-state index in [9.17, 15) is 9.59 Å². The van der Waals surface area contributed by atoms with Gasteiger partial charge >= 0.3 is 12.0 Å². The first-order chi connectivity index (χ1) is 11.8. The minimum atomic E-state index is -0.410. The standard InChI is InChI=1S/C18H27ClN2O4/c1-13(2)25-11-5-10-21(12-14(3)17(22)24-4)18(23)20-16-8-6-15(19)7-9-16/h6-9,13-14H,5,10-12H2,1-4H3,(H,20,23). The Labute approximate surface area is 154 Å². The molecule has 1 rings (SSSR count). The third-order valence-corrected chi connectivity index (χ3v) is 3.76. The van der Waals surface area contributed by atoms with Crippen LogP contribution in [0.4, 0.5) is 10.5 Å². The lowest BCUT2D eigenvalue weighted by atomic mass is 10.1. The van der Waals surface area contributed by atoms with Gasteiger partial charge in [-0.2, -0.15) is 0 Å². The summed E-state index contributed by atoms with van der Waals surface area (Å²) in [5.41, 5.74) is 0.642. The molecule has 0 bridgehead atoms. The summed E-state index contributed by atoms with van der Waals surface area (Å²) in [7, 11) is 1.34. The summed E-state index contributed by atoms with van der Waals surface area (Å²) in [4.78, 5) is 25.8. The van der Waals surface area contributed by atoms with Gasteiger partial charge in [0.25, 0.3) is 0 Å². The van der Waals surface area contributed by atoms with E-state index in [1.54, 1.807) is 36.1 Å². The number of carbonyl (C=O) groups excluding carboxylic acids is 2. The Morgan fingerprint density at radius 2 is 1.84 bits per heavy atom. The normalized spacial score (nSPS) is 11.9. The fourth-order valence-corrected chi connectivity index (χ4v) is 2.32. The van der Waals surface area contributed by atoms with Crippen LogP contribution in [0.5, 0.6) is 0 Å². The molecule has 0 spiro atoms. The largest absolute Gasteiger partial charge is 0.469 e. The molecule has 7 heteroatoms. The molecule has 0 saturated carbocycles. The van der Waals surface area contributed by atoms with Crippen LogP contribution in [0.25, 0.3) is 0 Å². The zero-order valence-electron chi connectivity index (χ0n) is 15.3. The fraction of sp³-hybridized carbons (Fsp3) is 0.556. The minimum absolute atomic E-state index is 0.144. The van der Waals surface area contributed by atoms with Gasteiger partial charge in [0.15, 0.2) is 0 Å². The van der Waals surface area contributed by atoms with Crippen molar-refractivity contribution in [2.75, 3.05) is 32.1 Å². The van der Waals surface area contributed by atoms with Gasteiger partial charge in [0.1, 0.15) is 0 Å². The van der Waals surface area contributed by atoms with E-state index in [2.05, 4.69) is 5.32 Å². The summed E-state index contributed by atoms with van der Waals surface area (Å²) >= 11 is 5.85. The predicted molar refractivity (Wildman–Crippen MR) is 98.9 cm³/mol. The topological polar surface area (TPSA) is 67.9 Å². The molecule has 1 atom stereocenters. The van der Waals surface area contributed by atoms with Crippen molar-refractivity contribution in [3.63, 3.8) is 0 Å². The van der Waals surface area contributed by atoms with Crippen LogP contribution in [-0.2, 0) is 14.3 Å². The first-order valence-corrected chi connectivity index (χ1v) is 8.72. The molecule has 0 aliphatic rings. The second kappa shape index (κ2) is 10.9. The predicted octanol–water partition coefficient (Wildman–Crippen LogP) is 3.80. The van der Waals surface area contributed by atoms with Crippen molar-refractivity contribution in [2.24, 2.45) is 5.92 Å². The molecule has 1 unspecified atom stereocenters. The smallest absolute Gasteiger partial charge is 0.321 e. The Bertz CT molecular complexity index is 549. The molecule has 0 fully saturated rings. The van der Waals surface area contributed by atoms with Crippen molar-refractivity contribution in [1.29, 1.82) is 0 Å². The van der Waals surface area contributed by atoms with Gasteiger partial charge in [-0.25, -0.2) is 4.79 Å². The molecule has 0 aromatic heterocycles. The molecule has 0 radical (unpaired) electrons. The molecule has 0 aliphatic carbocycles. The fourth-order valence-electron chi connectivity index (χ4n) is 2.19. The van der Waals surface area contributed by atoms with E-state index in [-0.39, 0.29) is 24.6 Å². The molecule has 1 N–H and O–H groups in total. The Morgan fingerprint density at radius 1 is 1.20 bits per heavy atom. The monoisotopic (exact) mass is 370 g/mol. The minimum Gasteiger partial charge on any atom is -0.469 e. The average Bonchev–Trinajstić information content (AvgIpc) is 2.58. The molecule has 0 aliphatic heterocycles. The second-order valence-corrected chi connectivity index (χ2v) is 6.52. The van der Waals surface area contributed by atoms with Crippen LogP contribution in [0.1, 0.15) is 27.2 Å². The number of nitrogens with one attached hydrogen (secondary N) is 1. The lowest BCUT2D eigenvalue weighted by Crippen LogP contribution is -2.40. The number of carbonyl (C=O) groups is 2. The molecule has 2 amide bonds. The Kier molecular flexibility index (Phi) is 9.31. The highest BCUT2D eigenvalue weighted by Crippen LogP contribution is 2.14. The van der Waals surface area contributed by atoms with Crippen molar-refractivity contribution in [2.45, 2.75) is 33.3 Å². The van der Waals surface area contributed by atoms with Gasteiger partial charge in [-0.15, -0.1) is 0 Å². The Hall–Kier alpha value is -1.79. The summed E-state index contributed by atoms with van der Waals surface area (Å²) in [6, 6.07) is 6.58. The van der Waals surface area contributed by atoms with E-state index in [0.717, 1.165) is 0 Å². The van der Waals surface area contributed by atoms with Crippen molar-refractivity contribution in [3.05, 3.63) is 29.3 Å². The third kappa shape index (κ3) is 8.23. The number of esters is 1. The second-order valence-electron chi connectivity index (χ2n) is 6.08. The number of ether oxygens (including phenoxy) is 2. The van der Waals surface area contributed by atoms with Crippen LogP contribution in [0.2, 0.25) is 5.02 Å². The molecule has 140 valence electrons. The maximum Gasteiger partial charge on any atom is 0.321 e. The summed E-state index contributed by atoms with van der Waals surface area (Å²) in [5, 5.41) is 3.41. The van der Waals surface area contributed by atoms with Gasteiger partial charge in [-0.1, -0.05) is 18.5 Å². The SMILES string of the molecule is COC(=O)C(C)CN(CCCOC(C)C)C(=O)Nc1ccc(Cl)cc1. The van der Waals surface area contributed by atoms with Crippen LogP contribution in [-0.4, -0.2) is 49.8 Å².